The SMILES string of the molecule is CC(C)(C)NC(=O)N[C@H]([14C](=O)N1C[C@H]2[C@@H]([C@H]1C(=O)N[C@@H](CC1CCC1)[C@H](O)C(N)=O)C2(C)C)C(C)(C)C. The number of aliphatic hydroxyl groups excluding tert-OH is 1. The van der Waals surface area contributed by atoms with Gasteiger partial charge in [-0.3, -0.25) is 14.4 Å². The van der Waals surface area contributed by atoms with Crippen LogP contribution in [0.4, 0.5) is 4.79 Å². The predicted molar refractivity (Wildman–Crippen MR) is 140 cm³/mol. The fourth-order valence-electron chi connectivity index (χ4n) is 5.96. The fraction of sp³-hybridized carbons (Fsp3) is 0.852. The third-order valence-corrected chi connectivity index (χ3v) is 8.45. The summed E-state index contributed by atoms with van der Waals surface area (Å²) >= 11 is 0. The first-order valence-electron chi connectivity index (χ1n) is 13.5. The number of carbonyl (C=O) groups is 4. The predicted octanol–water partition coefficient (Wildman–Crippen LogP) is 1.50. The Balaban J connectivity index is 1.83. The standard InChI is InChI=1S/C27H47N5O5/c1-25(2,3)20(30-24(37)31-26(4,5)6)23(36)32-13-15-17(27(15,7)8)18(32)22(35)29-16(19(33)21(28)34)12-14-10-9-11-14/h14-20,33H,9-13H2,1-8H3,(H2,28,34)(H,29,35)(H2,30,31,37)/t15-,16-,17-,18-,19-,20+/m0/s1/i23+2. The van der Waals surface area contributed by atoms with Crippen molar-refractivity contribution in [1.82, 2.24) is 20.9 Å². The Morgan fingerprint density at radius 3 is 2.16 bits per heavy atom. The molecule has 5 amide bonds. The van der Waals surface area contributed by atoms with Gasteiger partial charge in [-0.15, -0.1) is 0 Å². The number of likely N-dealkylation sites (tertiary alicyclic amines) is 1. The summed E-state index contributed by atoms with van der Waals surface area (Å²) in [5.41, 5.74) is 4.19. The maximum absolute atomic E-state index is 13.9. The number of hydrogen-bond acceptors (Lipinski definition) is 5. The lowest BCUT2D eigenvalue weighted by Gasteiger charge is -2.39. The van der Waals surface area contributed by atoms with Gasteiger partial charge in [0, 0.05) is 12.1 Å². The van der Waals surface area contributed by atoms with Crippen molar-refractivity contribution in [3.05, 3.63) is 0 Å². The first kappa shape index (κ1) is 29.2. The zero-order valence-electron chi connectivity index (χ0n) is 23.7. The smallest absolute Gasteiger partial charge is 0.315 e. The Kier molecular flexibility index (Phi) is 7.95. The zero-order chi connectivity index (χ0) is 28.1. The summed E-state index contributed by atoms with van der Waals surface area (Å²) < 4.78 is 0. The normalized spacial score (nSPS) is 27.3. The van der Waals surface area contributed by atoms with E-state index in [-0.39, 0.29) is 29.1 Å². The second kappa shape index (κ2) is 10.1. The number of carbonyl (C=O) groups excluding carboxylic acids is 4. The number of rotatable bonds is 8. The van der Waals surface area contributed by atoms with Crippen molar-refractivity contribution >= 4 is 23.8 Å². The molecule has 0 spiro atoms. The molecule has 0 unspecified atom stereocenters. The highest BCUT2D eigenvalue weighted by atomic mass is 16.3. The average molecular weight is 524 g/mol. The summed E-state index contributed by atoms with van der Waals surface area (Å²) in [6.07, 6.45) is 2.03. The maximum Gasteiger partial charge on any atom is 0.315 e. The van der Waals surface area contributed by atoms with Crippen molar-refractivity contribution < 1.29 is 24.3 Å². The van der Waals surface area contributed by atoms with Crippen LogP contribution in [0.2, 0.25) is 0 Å². The van der Waals surface area contributed by atoms with E-state index >= 15 is 0 Å². The minimum Gasteiger partial charge on any atom is -0.381 e. The molecule has 0 bridgehead atoms. The molecule has 6 atom stereocenters. The van der Waals surface area contributed by atoms with E-state index in [9.17, 15) is 24.3 Å². The van der Waals surface area contributed by atoms with Gasteiger partial charge in [-0.1, -0.05) is 53.9 Å². The van der Waals surface area contributed by atoms with E-state index in [1.54, 1.807) is 4.90 Å². The largest absolute Gasteiger partial charge is 0.381 e. The number of fused-ring (bicyclic) bond motifs is 1. The number of piperidine rings is 1. The van der Waals surface area contributed by atoms with E-state index in [4.69, 9.17) is 5.73 Å². The molecule has 0 aromatic carbocycles. The van der Waals surface area contributed by atoms with Gasteiger partial charge >= 0.3 is 6.03 Å². The Morgan fingerprint density at radius 1 is 1.11 bits per heavy atom. The second-order valence-corrected chi connectivity index (χ2v) is 14.0. The first-order valence-corrected chi connectivity index (χ1v) is 13.5. The van der Waals surface area contributed by atoms with E-state index in [2.05, 4.69) is 29.8 Å². The minimum absolute atomic E-state index is 0.0458. The molecule has 3 fully saturated rings. The first-order chi connectivity index (χ1) is 16.8. The molecule has 2 saturated carbocycles. The molecule has 1 saturated heterocycles. The van der Waals surface area contributed by atoms with Gasteiger partial charge in [0.15, 0.2) is 6.10 Å². The molecule has 3 rings (SSSR count). The Labute approximate surface area is 220 Å². The molecule has 1 heterocycles. The zero-order valence-corrected chi connectivity index (χ0v) is 23.7. The van der Waals surface area contributed by atoms with Gasteiger partial charge in [-0.2, -0.15) is 0 Å². The van der Waals surface area contributed by atoms with Crippen LogP contribution >= 0.6 is 0 Å². The Bertz CT molecular complexity index is 917. The quantitative estimate of drug-likeness (QED) is 0.326. The van der Waals surface area contributed by atoms with Crippen LogP contribution < -0.4 is 21.7 Å². The van der Waals surface area contributed by atoms with Crippen LogP contribution in [0.5, 0.6) is 0 Å². The van der Waals surface area contributed by atoms with Crippen molar-refractivity contribution in [2.75, 3.05) is 6.54 Å². The van der Waals surface area contributed by atoms with Crippen LogP contribution in [0.1, 0.15) is 81.1 Å². The van der Waals surface area contributed by atoms with Crippen LogP contribution in [-0.2, 0) is 14.4 Å². The number of aliphatic hydroxyl groups is 1. The van der Waals surface area contributed by atoms with Crippen molar-refractivity contribution in [3.63, 3.8) is 0 Å². The molecule has 10 heteroatoms. The van der Waals surface area contributed by atoms with Gasteiger partial charge in [0.2, 0.25) is 17.7 Å². The van der Waals surface area contributed by atoms with E-state index in [0.717, 1.165) is 19.3 Å². The molecule has 6 N–H and O–H groups in total. The van der Waals surface area contributed by atoms with Gasteiger partial charge in [0.05, 0.1) is 6.04 Å². The van der Waals surface area contributed by atoms with Crippen LogP contribution in [0.15, 0.2) is 0 Å². The summed E-state index contributed by atoms with van der Waals surface area (Å²) in [5, 5.41) is 19.0. The third kappa shape index (κ3) is 6.38. The molecule has 2 aliphatic carbocycles. The van der Waals surface area contributed by atoms with Crippen molar-refractivity contribution in [2.45, 2.75) is 111 Å². The summed E-state index contributed by atoms with van der Waals surface area (Å²) in [7, 11) is 0. The molecular formula is C27H47N5O5. The van der Waals surface area contributed by atoms with E-state index in [1.807, 2.05) is 41.5 Å². The van der Waals surface area contributed by atoms with Crippen LogP contribution in [-0.4, -0.2) is 70.1 Å². The molecule has 0 aromatic rings. The molecule has 0 aromatic heterocycles. The summed E-state index contributed by atoms with van der Waals surface area (Å²) in [5.74, 6) is -1.15. The van der Waals surface area contributed by atoms with Crippen molar-refractivity contribution in [1.29, 1.82) is 0 Å². The summed E-state index contributed by atoms with van der Waals surface area (Å²) in [4.78, 5) is 53.7. The molecule has 210 valence electrons. The number of nitrogens with zero attached hydrogens (tertiary/aromatic N) is 1. The Hall–Kier alpha value is -2.36. The van der Waals surface area contributed by atoms with Crippen molar-refractivity contribution in [3.8, 4) is 0 Å². The Morgan fingerprint density at radius 2 is 1.70 bits per heavy atom. The number of urea groups is 1. The van der Waals surface area contributed by atoms with Gasteiger partial charge < -0.3 is 31.7 Å². The minimum atomic E-state index is -1.50. The van der Waals surface area contributed by atoms with Crippen LogP contribution in [0, 0.1) is 28.6 Å². The van der Waals surface area contributed by atoms with E-state index in [1.165, 1.54) is 0 Å². The maximum atomic E-state index is 13.9. The molecule has 1 aliphatic heterocycles. The highest BCUT2D eigenvalue weighted by Gasteiger charge is 2.69. The highest BCUT2D eigenvalue weighted by Crippen LogP contribution is 2.65. The lowest BCUT2D eigenvalue weighted by Crippen LogP contribution is -2.62. The highest BCUT2D eigenvalue weighted by molar-refractivity contribution is 5.94. The van der Waals surface area contributed by atoms with E-state index < -0.39 is 47.1 Å². The molecule has 37 heavy (non-hydrogen) atoms. The van der Waals surface area contributed by atoms with Crippen LogP contribution in [0.3, 0.4) is 0 Å². The molecule has 10 nitrogen and oxygen atoms in total. The number of primary amides is 1. The molecule has 0 radical (unpaired) electrons. The van der Waals surface area contributed by atoms with Gasteiger partial charge in [-0.05, 0) is 55.8 Å². The van der Waals surface area contributed by atoms with Gasteiger partial charge in [0.1, 0.15) is 12.1 Å². The number of nitrogens with one attached hydrogen (secondary N) is 3. The molecular weight excluding hydrogens is 476 g/mol. The van der Waals surface area contributed by atoms with Crippen molar-refractivity contribution in [2.24, 2.45) is 34.3 Å². The molecule has 3 aliphatic rings. The average Bonchev–Trinajstić information content (AvgIpc) is 3.06. The lowest BCUT2D eigenvalue weighted by atomic mass is 9.79. The second-order valence-electron chi connectivity index (χ2n) is 14.0. The van der Waals surface area contributed by atoms with Crippen LogP contribution in [0.25, 0.3) is 0 Å². The summed E-state index contributed by atoms with van der Waals surface area (Å²) in [6.45, 7) is 15.8. The monoisotopic (exact) mass is 523 g/mol. The number of amides is 5. The topological polar surface area (TPSA) is 154 Å². The van der Waals surface area contributed by atoms with E-state index in [0.29, 0.717) is 18.9 Å². The number of hydrogen-bond donors (Lipinski definition) is 5. The third-order valence-electron chi connectivity index (χ3n) is 8.45. The lowest BCUT2D eigenvalue weighted by molar-refractivity contribution is -0.144. The fourth-order valence-corrected chi connectivity index (χ4v) is 5.96. The summed E-state index contributed by atoms with van der Waals surface area (Å²) in [6, 6.07) is -2.86. The number of nitrogens with two attached hydrogens (primary N) is 1. The van der Waals surface area contributed by atoms with Gasteiger partial charge in [-0.25, -0.2) is 4.79 Å². The van der Waals surface area contributed by atoms with Gasteiger partial charge in [0.25, 0.3) is 0 Å².